The van der Waals surface area contributed by atoms with Gasteiger partial charge in [-0.15, -0.1) is 24.0 Å². The maximum absolute atomic E-state index is 5.55. The van der Waals surface area contributed by atoms with Gasteiger partial charge in [0.05, 0.1) is 33.5 Å². The normalized spacial score (nSPS) is 11.0. The average Bonchev–Trinajstić information content (AvgIpc) is 2.64. The molecule has 0 aliphatic rings. The summed E-state index contributed by atoms with van der Waals surface area (Å²) in [6.45, 7) is 8.99. The second kappa shape index (κ2) is 17.4. The van der Waals surface area contributed by atoms with Crippen molar-refractivity contribution in [1.82, 2.24) is 10.6 Å². The number of ether oxygens (including phenoxy) is 3. The highest BCUT2D eigenvalue weighted by atomic mass is 127. The number of para-hydroxylation sites is 1. The van der Waals surface area contributed by atoms with Crippen LogP contribution in [0.3, 0.4) is 0 Å². The summed E-state index contributed by atoms with van der Waals surface area (Å²) < 4.78 is 16.4. The molecule has 26 heavy (non-hydrogen) atoms. The third kappa shape index (κ3) is 11.5. The first-order valence-electron chi connectivity index (χ1n) is 9.11. The van der Waals surface area contributed by atoms with Crippen LogP contribution in [0.1, 0.15) is 32.3 Å². The maximum atomic E-state index is 5.55. The number of guanidine groups is 1. The minimum Gasteiger partial charge on any atom is -0.496 e. The largest absolute Gasteiger partial charge is 0.496 e. The van der Waals surface area contributed by atoms with Crippen molar-refractivity contribution >= 4 is 29.9 Å². The molecule has 0 unspecified atom stereocenters. The molecule has 0 radical (unpaired) electrons. The van der Waals surface area contributed by atoms with Crippen LogP contribution in [0.4, 0.5) is 0 Å². The van der Waals surface area contributed by atoms with Crippen molar-refractivity contribution in [1.29, 1.82) is 0 Å². The summed E-state index contributed by atoms with van der Waals surface area (Å²) in [6.07, 6.45) is 2.27. The number of halogens is 1. The third-order valence-corrected chi connectivity index (χ3v) is 3.50. The Hall–Kier alpha value is -1.06. The number of nitrogens with zero attached hydrogens (tertiary/aromatic N) is 1. The fourth-order valence-corrected chi connectivity index (χ4v) is 2.15. The Kier molecular flexibility index (Phi) is 16.7. The van der Waals surface area contributed by atoms with Gasteiger partial charge in [0.25, 0.3) is 0 Å². The van der Waals surface area contributed by atoms with Gasteiger partial charge in [0.2, 0.25) is 0 Å². The van der Waals surface area contributed by atoms with Crippen LogP contribution in [0.15, 0.2) is 29.3 Å². The Bertz CT molecular complexity index is 487. The minimum absolute atomic E-state index is 0. The van der Waals surface area contributed by atoms with Gasteiger partial charge in [-0.1, -0.05) is 31.5 Å². The molecule has 0 aliphatic carbocycles. The number of methoxy groups -OCH3 is 1. The van der Waals surface area contributed by atoms with E-state index in [1.807, 2.05) is 31.2 Å². The zero-order valence-corrected chi connectivity index (χ0v) is 18.6. The lowest BCUT2D eigenvalue weighted by atomic mass is 10.2. The van der Waals surface area contributed by atoms with Crippen LogP contribution < -0.4 is 15.4 Å². The summed E-state index contributed by atoms with van der Waals surface area (Å²) >= 11 is 0. The summed E-state index contributed by atoms with van der Waals surface area (Å²) in [6, 6.07) is 7.91. The highest BCUT2D eigenvalue weighted by Gasteiger charge is 2.02. The van der Waals surface area contributed by atoms with E-state index < -0.39 is 0 Å². The highest BCUT2D eigenvalue weighted by Crippen LogP contribution is 2.17. The SMILES string of the molecule is CCCCOCCOCCNC(=NCc1ccccc1OC)NCC.I. The second-order valence-corrected chi connectivity index (χ2v) is 5.51. The Balaban J connectivity index is 0.00000625. The summed E-state index contributed by atoms with van der Waals surface area (Å²) in [5.41, 5.74) is 1.06. The Morgan fingerprint density at radius 3 is 2.42 bits per heavy atom. The van der Waals surface area contributed by atoms with Gasteiger partial charge in [0, 0.05) is 25.3 Å². The van der Waals surface area contributed by atoms with Crippen LogP contribution in [0.25, 0.3) is 0 Å². The van der Waals surface area contributed by atoms with Crippen molar-refractivity contribution in [3.8, 4) is 5.75 Å². The maximum Gasteiger partial charge on any atom is 0.191 e. The number of hydrogen-bond acceptors (Lipinski definition) is 4. The fraction of sp³-hybridized carbons (Fsp3) is 0.632. The molecule has 150 valence electrons. The van der Waals surface area contributed by atoms with Crippen LogP contribution in [0.5, 0.6) is 5.75 Å². The van der Waals surface area contributed by atoms with E-state index in [1.165, 1.54) is 0 Å². The van der Waals surface area contributed by atoms with E-state index in [1.54, 1.807) is 7.11 Å². The predicted octanol–water partition coefficient (Wildman–Crippen LogP) is 3.20. The summed E-state index contributed by atoms with van der Waals surface area (Å²) in [7, 11) is 1.68. The van der Waals surface area contributed by atoms with Crippen LogP contribution in [-0.2, 0) is 16.0 Å². The lowest BCUT2D eigenvalue weighted by Crippen LogP contribution is -2.39. The summed E-state index contributed by atoms with van der Waals surface area (Å²) in [4.78, 5) is 4.59. The lowest BCUT2D eigenvalue weighted by Gasteiger charge is -2.12. The Labute approximate surface area is 175 Å². The van der Waals surface area contributed by atoms with Crippen molar-refractivity contribution in [2.75, 3.05) is 46.6 Å². The standard InChI is InChI=1S/C19H33N3O3.HI/c1-4-6-12-24-14-15-25-13-11-21-19(20-5-2)22-16-17-9-7-8-10-18(17)23-3;/h7-10H,4-6,11-16H2,1-3H3,(H2,20,21,22);1H. The molecule has 0 heterocycles. The molecule has 0 saturated heterocycles. The molecule has 0 fully saturated rings. The lowest BCUT2D eigenvalue weighted by molar-refractivity contribution is 0.0487. The number of rotatable bonds is 13. The molecule has 1 aromatic rings. The van der Waals surface area contributed by atoms with E-state index in [2.05, 4.69) is 22.5 Å². The van der Waals surface area contributed by atoms with Gasteiger partial charge in [-0.3, -0.25) is 0 Å². The molecule has 7 heteroatoms. The predicted molar refractivity (Wildman–Crippen MR) is 118 cm³/mol. The zero-order chi connectivity index (χ0) is 18.2. The third-order valence-electron chi connectivity index (χ3n) is 3.50. The first kappa shape index (κ1) is 24.9. The molecule has 0 atom stereocenters. The molecule has 2 N–H and O–H groups in total. The van der Waals surface area contributed by atoms with Crippen LogP contribution in [0, 0.1) is 0 Å². The summed E-state index contributed by atoms with van der Waals surface area (Å²) in [5.74, 6) is 1.63. The number of nitrogens with one attached hydrogen (secondary N) is 2. The van der Waals surface area contributed by atoms with E-state index in [-0.39, 0.29) is 24.0 Å². The smallest absolute Gasteiger partial charge is 0.191 e. The molecule has 0 spiro atoms. The van der Waals surface area contributed by atoms with Gasteiger partial charge in [-0.2, -0.15) is 0 Å². The van der Waals surface area contributed by atoms with E-state index in [0.29, 0.717) is 32.9 Å². The monoisotopic (exact) mass is 479 g/mol. The first-order chi connectivity index (χ1) is 12.3. The van der Waals surface area contributed by atoms with Crippen LogP contribution in [-0.4, -0.2) is 52.6 Å². The first-order valence-corrected chi connectivity index (χ1v) is 9.11. The quantitative estimate of drug-likeness (QED) is 0.197. The molecule has 0 amide bonds. The zero-order valence-electron chi connectivity index (χ0n) is 16.3. The van der Waals surface area contributed by atoms with Gasteiger partial charge in [-0.25, -0.2) is 4.99 Å². The average molecular weight is 479 g/mol. The van der Waals surface area contributed by atoms with Crippen LogP contribution >= 0.6 is 24.0 Å². The number of benzene rings is 1. The van der Waals surface area contributed by atoms with E-state index in [4.69, 9.17) is 14.2 Å². The van der Waals surface area contributed by atoms with E-state index in [0.717, 1.165) is 43.3 Å². The van der Waals surface area contributed by atoms with Crippen molar-refractivity contribution < 1.29 is 14.2 Å². The van der Waals surface area contributed by atoms with Gasteiger partial charge in [0.1, 0.15) is 5.75 Å². The van der Waals surface area contributed by atoms with Gasteiger partial charge in [0.15, 0.2) is 5.96 Å². The van der Waals surface area contributed by atoms with Gasteiger partial charge < -0.3 is 24.8 Å². The highest BCUT2D eigenvalue weighted by molar-refractivity contribution is 14.0. The molecule has 1 rings (SSSR count). The molecule has 1 aromatic carbocycles. The molecule has 0 bridgehead atoms. The molecule has 0 aromatic heterocycles. The molecule has 0 aliphatic heterocycles. The number of aliphatic imine (C=N–C) groups is 1. The van der Waals surface area contributed by atoms with Crippen molar-refractivity contribution in [3.05, 3.63) is 29.8 Å². The van der Waals surface area contributed by atoms with E-state index >= 15 is 0 Å². The second-order valence-electron chi connectivity index (χ2n) is 5.51. The topological polar surface area (TPSA) is 64.1 Å². The fourth-order valence-electron chi connectivity index (χ4n) is 2.15. The van der Waals surface area contributed by atoms with Crippen molar-refractivity contribution in [2.45, 2.75) is 33.2 Å². The summed E-state index contributed by atoms with van der Waals surface area (Å²) in [5, 5.41) is 6.51. The molecular formula is C19H34IN3O3. The van der Waals surface area contributed by atoms with Crippen LogP contribution in [0.2, 0.25) is 0 Å². The van der Waals surface area contributed by atoms with E-state index in [9.17, 15) is 0 Å². The molecule has 0 saturated carbocycles. The molecule has 6 nitrogen and oxygen atoms in total. The van der Waals surface area contributed by atoms with Gasteiger partial charge in [-0.05, 0) is 19.4 Å². The van der Waals surface area contributed by atoms with Crippen molar-refractivity contribution in [3.63, 3.8) is 0 Å². The Morgan fingerprint density at radius 1 is 1.00 bits per heavy atom. The molecular weight excluding hydrogens is 445 g/mol. The number of hydrogen-bond donors (Lipinski definition) is 2. The Morgan fingerprint density at radius 2 is 1.73 bits per heavy atom. The number of unbranched alkanes of at least 4 members (excludes halogenated alkanes) is 1. The minimum atomic E-state index is 0. The van der Waals surface area contributed by atoms with Crippen molar-refractivity contribution in [2.24, 2.45) is 4.99 Å². The van der Waals surface area contributed by atoms with Gasteiger partial charge >= 0.3 is 0 Å².